The Hall–Kier alpha value is -0.290. The van der Waals surface area contributed by atoms with Crippen LogP contribution in [0.2, 0.25) is 0 Å². The second-order valence-electron chi connectivity index (χ2n) is 8.51. The molecule has 0 aromatic carbocycles. The van der Waals surface area contributed by atoms with Gasteiger partial charge in [0, 0.05) is 7.11 Å². The van der Waals surface area contributed by atoms with Gasteiger partial charge in [-0.25, -0.2) is 0 Å². The third-order valence-corrected chi connectivity index (χ3v) is 5.02. The number of alkyl halides is 3. The van der Waals surface area contributed by atoms with Gasteiger partial charge in [0.15, 0.2) is 0 Å². The molecule has 0 aliphatic heterocycles. The van der Waals surface area contributed by atoms with Crippen molar-refractivity contribution in [2.45, 2.75) is 85.6 Å². The van der Waals surface area contributed by atoms with Crippen molar-refractivity contribution in [2.24, 2.45) is 10.8 Å². The van der Waals surface area contributed by atoms with E-state index in [1.54, 1.807) is 21.0 Å². The summed E-state index contributed by atoms with van der Waals surface area (Å²) in [4.78, 5) is 0. The van der Waals surface area contributed by atoms with Crippen molar-refractivity contribution in [3.8, 4) is 0 Å². The predicted octanol–water partition coefficient (Wildman–Crippen LogP) is 5.60. The maximum atomic E-state index is 13.3. The van der Waals surface area contributed by atoms with Crippen molar-refractivity contribution in [2.75, 3.05) is 13.7 Å². The fourth-order valence-electron chi connectivity index (χ4n) is 2.40. The largest absolute Gasteiger partial charge is 0.394 e. The average Bonchev–Trinajstić information content (AvgIpc) is 2.25. The van der Waals surface area contributed by atoms with Gasteiger partial charge in [-0.05, 0) is 46.0 Å². The van der Waals surface area contributed by atoms with Crippen LogP contribution in [0.4, 0.5) is 13.2 Å². The minimum Gasteiger partial charge on any atom is -0.379 e. The molecule has 0 N–H and O–H groups in total. The lowest BCUT2D eigenvalue weighted by Gasteiger charge is -2.46. The molecule has 0 heterocycles. The first-order valence-electron chi connectivity index (χ1n) is 7.73. The fourth-order valence-corrected chi connectivity index (χ4v) is 2.40. The van der Waals surface area contributed by atoms with E-state index in [4.69, 9.17) is 9.47 Å². The quantitative estimate of drug-likeness (QED) is 0.578. The standard InChI is InChI=1S/C17H33F3O2/c1-13(2,16(7,8)17(18,19)20)12-15(5,6)22-11-10-14(3,4)21-9/h10-12H2,1-9H3. The van der Waals surface area contributed by atoms with Crippen LogP contribution in [0.5, 0.6) is 0 Å². The molecule has 0 amide bonds. The predicted molar refractivity (Wildman–Crippen MR) is 84.0 cm³/mol. The van der Waals surface area contributed by atoms with Gasteiger partial charge in [0.2, 0.25) is 0 Å². The smallest absolute Gasteiger partial charge is 0.379 e. The Labute approximate surface area is 133 Å². The van der Waals surface area contributed by atoms with Gasteiger partial charge < -0.3 is 9.47 Å². The summed E-state index contributed by atoms with van der Waals surface area (Å²) < 4.78 is 51.1. The second kappa shape index (κ2) is 6.68. The molecule has 2 nitrogen and oxygen atoms in total. The molecule has 0 radical (unpaired) electrons. The van der Waals surface area contributed by atoms with Crippen LogP contribution in [0.3, 0.4) is 0 Å². The maximum Gasteiger partial charge on any atom is 0.394 e. The molecular weight excluding hydrogens is 293 g/mol. The van der Waals surface area contributed by atoms with E-state index in [-0.39, 0.29) is 5.60 Å². The molecular formula is C17H33F3O2. The van der Waals surface area contributed by atoms with Crippen molar-refractivity contribution in [1.82, 2.24) is 0 Å². The zero-order chi connectivity index (χ0) is 18.0. The summed E-state index contributed by atoms with van der Waals surface area (Å²) in [5, 5.41) is 0. The van der Waals surface area contributed by atoms with Crippen LogP contribution in [0.15, 0.2) is 0 Å². The Morgan fingerprint density at radius 3 is 1.59 bits per heavy atom. The normalized spacial score (nSPS) is 15.3. The van der Waals surface area contributed by atoms with Gasteiger partial charge in [-0.3, -0.25) is 0 Å². The van der Waals surface area contributed by atoms with Gasteiger partial charge in [-0.2, -0.15) is 13.2 Å². The first-order chi connectivity index (χ1) is 9.47. The van der Waals surface area contributed by atoms with E-state index < -0.39 is 22.6 Å². The average molecular weight is 326 g/mol. The molecule has 22 heavy (non-hydrogen) atoms. The summed E-state index contributed by atoms with van der Waals surface area (Å²) in [5.74, 6) is 0. The van der Waals surface area contributed by atoms with Crippen molar-refractivity contribution in [3.05, 3.63) is 0 Å². The van der Waals surface area contributed by atoms with Crippen molar-refractivity contribution < 1.29 is 22.6 Å². The lowest BCUT2D eigenvalue weighted by molar-refractivity contribution is -0.254. The molecule has 0 rings (SSSR count). The molecule has 0 aromatic heterocycles. The van der Waals surface area contributed by atoms with Crippen LogP contribution in [0.25, 0.3) is 0 Å². The van der Waals surface area contributed by atoms with Crippen LogP contribution in [-0.2, 0) is 9.47 Å². The van der Waals surface area contributed by atoms with Crippen molar-refractivity contribution >= 4 is 0 Å². The van der Waals surface area contributed by atoms with Crippen LogP contribution >= 0.6 is 0 Å². The number of ether oxygens (including phenoxy) is 2. The molecule has 0 unspecified atom stereocenters. The number of methoxy groups -OCH3 is 1. The van der Waals surface area contributed by atoms with E-state index >= 15 is 0 Å². The van der Waals surface area contributed by atoms with Gasteiger partial charge in [0.25, 0.3) is 0 Å². The molecule has 0 bridgehead atoms. The van der Waals surface area contributed by atoms with Crippen LogP contribution in [0.1, 0.15) is 68.2 Å². The Morgan fingerprint density at radius 2 is 1.23 bits per heavy atom. The molecule has 0 saturated carbocycles. The maximum absolute atomic E-state index is 13.3. The molecule has 0 spiro atoms. The highest BCUT2D eigenvalue weighted by Gasteiger charge is 2.57. The summed E-state index contributed by atoms with van der Waals surface area (Å²) >= 11 is 0. The Balaban J connectivity index is 4.83. The lowest BCUT2D eigenvalue weighted by atomic mass is 9.63. The zero-order valence-electron chi connectivity index (χ0n) is 15.6. The van der Waals surface area contributed by atoms with E-state index in [2.05, 4.69) is 0 Å². The summed E-state index contributed by atoms with van der Waals surface area (Å²) in [6.07, 6.45) is -3.24. The summed E-state index contributed by atoms with van der Waals surface area (Å²) in [7, 11) is 1.64. The number of hydrogen-bond acceptors (Lipinski definition) is 2. The third kappa shape index (κ3) is 5.73. The van der Waals surface area contributed by atoms with Gasteiger partial charge in [-0.15, -0.1) is 0 Å². The third-order valence-electron chi connectivity index (χ3n) is 5.02. The summed E-state index contributed by atoms with van der Waals surface area (Å²) in [6, 6.07) is 0. The van der Waals surface area contributed by atoms with E-state index in [9.17, 15) is 13.2 Å². The Kier molecular flexibility index (Phi) is 6.59. The second-order valence-corrected chi connectivity index (χ2v) is 8.51. The SMILES string of the molecule is COC(C)(C)CCOC(C)(C)CC(C)(C)C(C)(C)C(F)(F)F. The molecule has 134 valence electrons. The monoisotopic (exact) mass is 326 g/mol. The Morgan fingerprint density at radius 1 is 0.773 bits per heavy atom. The lowest BCUT2D eigenvalue weighted by Crippen LogP contribution is -2.48. The van der Waals surface area contributed by atoms with Crippen molar-refractivity contribution in [3.63, 3.8) is 0 Å². The molecule has 0 aliphatic rings. The van der Waals surface area contributed by atoms with Crippen LogP contribution in [0, 0.1) is 10.8 Å². The Bertz CT molecular complexity index is 355. The molecule has 5 heteroatoms. The minimum atomic E-state index is -4.25. The first-order valence-corrected chi connectivity index (χ1v) is 7.73. The van der Waals surface area contributed by atoms with E-state index in [0.29, 0.717) is 19.4 Å². The van der Waals surface area contributed by atoms with E-state index in [1.807, 2.05) is 27.7 Å². The highest BCUT2D eigenvalue weighted by Crippen LogP contribution is 2.53. The first kappa shape index (κ1) is 21.7. The molecule has 0 fully saturated rings. The molecule has 0 saturated heterocycles. The van der Waals surface area contributed by atoms with Gasteiger partial charge in [-0.1, -0.05) is 27.7 Å². The minimum absolute atomic E-state index is 0.295. The fraction of sp³-hybridized carbons (Fsp3) is 1.00. The number of hydrogen-bond donors (Lipinski definition) is 0. The van der Waals surface area contributed by atoms with Crippen molar-refractivity contribution in [1.29, 1.82) is 0 Å². The van der Waals surface area contributed by atoms with E-state index in [1.165, 1.54) is 13.8 Å². The molecule has 0 aliphatic carbocycles. The molecule has 0 atom stereocenters. The van der Waals surface area contributed by atoms with Crippen LogP contribution < -0.4 is 0 Å². The zero-order valence-corrected chi connectivity index (χ0v) is 15.6. The van der Waals surface area contributed by atoms with E-state index in [0.717, 1.165) is 0 Å². The van der Waals surface area contributed by atoms with Crippen LogP contribution in [-0.4, -0.2) is 31.1 Å². The molecule has 0 aromatic rings. The van der Waals surface area contributed by atoms with Gasteiger partial charge >= 0.3 is 6.18 Å². The van der Waals surface area contributed by atoms with Gasteiger partial charge in [0.1, 0.15) is 0 Å². The summed E-state index contributed by atoms with van der Waals surface area (Å²) in [6.45, 7) is 13.9. The summed E-state index contributed by atoms with van der Waals surface area (Å²) in [5.41, 5.74) is -3.65. The number of halogens is 3. The topological polar surface area (TPSA) is 18.5 Å². The number of rotatable bonds is 8. The highest BCUT2D eigenvalue weighted by atomic mass is 19.4. The highest BCUT2D eigenvalue weighted by molar-refractivity contribution is 4.95. The van der Waals surface area contributed by atoms with Gasteiger partial charge in [0.05, 0.1) is 23.2 Å².